The van der Waals surface area contributed by atoms with Gasteiger partial charge >= 0.3 is 0 Å². The molecular weight excluding hydrogens is 208 g/mol. The van der Waals surface area contributed by atoms with Gasteiger partial charge in [0.1, 0.15) is 0 Å². The van der Waals surface area contributed by atoms with Crippen molar-refractivity contribution in [3.8, 4) is 0 Å². The molecule has 94 valence electrons. The lowest BCUT2D eigenvalue weighted by atomic mass is 9.76. The SMILES string of the molecule is CNC1(CC(=O)NO)CC(C)(C)OC1(C)C. The first kappa shape index (κ1) is 13.4. The van der Waals surface area contributed by atoms with Crippen molar-refractivity contribution in [3.05, 3.63) is 0 Å². The zero-order chi connectivity index (χ0) is 12.6. The Bertz CT molecular complexity index is 289. The maximum Gasteiger partial charge on any atom is 0.245 e. The molecule has 1 aliphatic heterocycles. The molecule has 0 aromatic rings. The van der Waals surface area contributed by atoms with E-state index in [-0.39, 0.29) is 12.0 Å². The van der Waals surface area contributed by atoms with E-state index < -0.39 is 17.0 Å². The van der Waals surface area contributed by atoms with Gasteiger partial charge < -0.3 is 10.1 Å². The second-order valence-corrected chi connectivity index (χ2v) is 5.59. The summed E-state index contributed by atoms with van der Waals surface area (Å²) in [7, 11) is 1.82. The van der Waals surface area contributed by atoms with E-state index in [0.29, 0.717) is 0 Å². The predicted octanol–water partition coefficient (Wildman–Crippen LogP) is 0.818. The number of likely N-dealkylation sites (N-methyl/N-ethyl adjacent to an activating group) is 1. The van der Waals surface area contributed by atoms with Crippen molar-refractivity contribution in [1.82, 2.24) is 10.8 Å². The molecule has 1 unspecified atom stereocenters. The minimum atomic E-state index is -0.461. The third-order valence-electron chi connectivity index (χ3n) is 3.48. The number of carbonyl (C=O) groups is 1. The molecule has 0 aromatic heterocycles. The Morgan fingerprint density at radius 1 is 1.38 bits per heavy atom. The summed E-state index contributed by atoms with van der Waals surface area (Å²) in [5, 5.41) is 11.8. The highest BCUT2D eigenvalue weighted by atomic mass is 16.5. The molecule has 1 atom stereocenters. The van der Waals surface area contributed by atoms with Gasteiger partial charge in [-0.3, -0.25) is 10.0 Å². The van der Waals surface area contributed by atoms with Crippen molar-refractivity contribution in [2.75, 3.05) is 7.05 Å². The third kappa shape index (κ3) is 2.21. The van der Waals surface area contributed by atoms with Crippen molar-refractivity contribution < 1.29 is 14.7 Å². The zero-order valence-electron chi connectivity index (χ0n) is 10.7. The highest BCUT2D eigenvalue weighted by molar-refractivity contribution is 5.76. The molecule has 16 heavy (non-hydrogen) atoms. The number of hydrogen-bond donors (Lipinski definition) is 3. The first-order chi connectivity index (χ1) is 7.18. The van der Waals surface area contributed by atoms with Crippen LogP contribution >= 0.6 is 0 Å². The summed E-state index contributed by atoms with van der Waals surface area (Å²) in [6.07, 6.45) is 0.910. The summed E-state index contributed by atoms with van der Waals surface area (Å²) in [6.45, 7) is 7.93. The number of carbonyl (C=O) groups excluding carboxylic acids is 1. The van der Waals surface area contributed by atoms with Crippen LogP contribution in [-0.4, -0.2) is 34.9 Å². The number of hydroxylamine groups is 1. The number of ether oxygens (including phenoxy) is 1. The van der Waals surface area contributed by atoms with Gasteiger partial charge in [-0.15, -0.1) is 0 Å². The maximum atomic E-state index is 11.4. The molecule has 1 aliphatic rings. The Morgan fingerprint density at radius 3 is 2.25 bits per heavy atom. The maximum absolute atomic E-state index is 11.4. The Hall–Kier alpha value is -0.650. The molecule has 0 aliphatic carbocycles. The van der Waals surface area contributed by atoms with E-state index >= 15 is 0 Å². The molecule has 1 heterocycles. The lowest BCUT2D eigenvalue weighted by Gasteiger charge is -2.39. The van der Waals surface area contributed by atoms with E-state index in [1.54, 1.807) is 5.48 Å². The summed E-state index contributed by atoms with van der Waals surface area (Å²) >= 11 is 0. The molecule has 0 radical (unpaired) electrons. The van der Waals surface area contributed by atoms with Gasteiger partial charge in [0.25, 0.3) is 0 Å². The molecule has 5 heteroatoms. The van der Waals surface area contributed by atoms with E-state index in [0.717, 1.165) is 6.42 Å². The van der Waals surface area contributed by atoms with Crippen molar-refractivity contribution >= 4 is 5.91 Å². The van der Waals surface area contributed by atoms with E-state index in [9.17, 15) is 4.79 Å². The fourth-order valence-electron chi connectivity index (χ4n) is 2.83. The van der Waals surface area contributed by atoms with Gasteiger partial charge in [0.05, 0.1) is 16.7 Å². The molecule has 1 amide bonds. The average molecular weight is 230 g/mol. The van der Waals surface area contributed by atoms with Crippen LogP contribution in [0.4, 0.5) is 0 Å². The lowest BCUT2D eigenvalue weighted by Crippen LogP contribution is -2.57. The van der Waals surface area contributed by atoms with Crippen molar-refractivity contribution in [3.63, 3.8) is 0 Å². The number of amides is 1. The molecule has 1 saturated heterocycles. The van der Waals surface area contributed by atoms with Crippen LogP contribution in [0.2, 0.25) is 0 Å². The second-order valence-electron chi connectivity index (χ2n) is 5.59. The van der Waals surface area contributed by atoms with E-state index in [1.807, 2.05) is 34.7 Å². The van der Waals surface area contributed by atoms with E-state index in [1.165, 1.54) is 0 Å². The standard InChI is InChI=1S/C11H22N2O3/c1-9(2)7-11(12-5,6-8(14)13-15)10(3,4)16-9/h12,15H,6-7H2,1-5H3,(H,13,14). The highest BCUT2D eigenvalue weighted by Crippen LogP contribution is 2.46. The summed E-state index contributed by atoms with van der Waals surface area (Å²) in [4.78, 5) is 11.4. The number of rotatable bonds is 3. The van der Waals surface area contributed by atoms with Gasteiger partial charge in [0.2, 0.25) is 5.91 Å². The Morgan fingerprint density at radius 2 is 1.94 bits per heavy atom. The average Bonchev–Trinajstić information content (AvgIpc) is 2.31. The molecule has 1 fully saturated rings. The van der Waals surface area contributed by atoms with Crippen LogP contribution in [0.1, 0.15) is 40.5 Å². The van der Waals surface area contributed by atoms with Gasteiger partial charge in [-0.05, 0) is 41.2 Å². The minimum absolute atomic E-state index is 0.191. The summed E-state index contributed by atoms with van der Waals surface area (Å²) < 4.78 is 5.96. The monoisotopic (exact) mass is 230 g/mol. The Balaban J connectivity index is 2.99. The molecule has 3 N–H and O–H groups in total. The van der Waals surface area contributed by atoms with Crippen LogP contribution in [-0.2, 0) is 9.53 Å². The molecule has 0 saturated carbocycles. The lowest BCUT2D eigenvalue weighted by molar-refractivity contribution is -0.133. The Labute approximate surface area is 96.5 Å². The van der Waals surface area contributed by atoms with Crippen LogP contribution < -0.4 is 10.8 Å². The summed E-state index contributed by atoms with van der Waals surface area (Å²) in [6, 6.07) is 0. The zero-order valence-corrected chi connectivity index (χ0v) is 10.7. The second kappa shape index (κ2) is 3.98. The quantitative estimate of drug-likeness (QED) is 0.496. The molecule has 5 nitrogen and oxygen atoms in total. The Kier molecular flexibility index (Phi) is 3.34. The third-order valence-corrected chi connectivity index (χ3v) is 3.48. The van der Waals surface area contributed by atoms with Crippen molar-refractivity contribution in [2.24, 2.45) is 0 Å². The summed E-state index contributed by atoms with van der Waals surface area (Å²) in [5.74, 6) is -0.399. The van der Waals surface area contributed by atoms with Gasteiger partial charge in [-0.2, -0.15) is 0 Å². The first-order valence-electron chi connectivity index (χ1n) is 5.50. The molecule has 0 aromatic carbocycles. The minimum Gasteiger partial charge on any atom is -0.368 e. The van der Waals surface area contributed by atoms with Crippen LogP contribution in [0, 0.1) is 0 Å². The predicted molar refractivity (Wildman–Crippen MR) is 60.2 cm³/mol. The number of hydrogen-bond acceptors (Lipinski definition) is 4. The molecular formula is C11H22N2O3. The van der Waals surface area contributed by atoms with Gasteiger partial charge in [-0.1, -0.05) is 0 Å². The van der Waals surface area contributed by atoms with Gasteiger partial charge in [0.15, 0.2) is 0 Å². The van der Waals surface area contributed by atoms with Crippen molar-refractivity contribution in [2.45, 2.75) is 57.3 Å². The van der Waals surface area contributed by atoms with Crippen LogP contribution in [0.15, 0.2) is 0 Å². The first-order valence-corrected chi connectivity index (χ1v) is 5.50. The smallest absolute Gasteiger partial charge is 0.245 e. The summed E-state index contributed by atoms with van der Waals surface area (Å²) in [5.41, 5.74) is 0.490. The van der Waals surface area contributed by atoms with Gasteiger partial charge in [-0.25, -0.2) is 5.48 Å². The number of nitrogens with one attached hydrogen (secondary N) is 2. The van der Waals surface area contributed by atoms with Crippen LogP contribution in [0.3, 0.4) is 0 Å². The van der Waals surface area contributed by atoms with Crippen LogP contribution in [0.5, 0.6) is 0 Å². The van der Waals surface area contributed by atoms with E-state index in [4.69, 9.17) is 9.94 Å². The molecule has 0 bridgehead atoms. The highest BCUT2D eigenvalue weighted by Gasteiger charge is 2.57. The fourth-order valence-corrected chi connectivity index (χ4v) is 2.83. The van der Waals surface area contributed by atoms with Crippen LogP contribution in [0.25, 0.3) is 0 Å². The molecule has 1 rings (SSSR count). The van der Waals surface area contributed by atoms with Crippen molar-refractivity contribution in [1.29, 1.82) is 0 Å². The topological polar surface area (TPSA) is 70.6 Å². The van der Waals surface area contributed by atoms with Gasteiger partial charge in [0, 0.05) is 6.42 Å². The van der Waals surface area contributed by atoms with E-state index in [2.05, 4.69) is 5.32 Å². The molecule has 0 spiro atoms. The fraction of sp³-hybridized carbons (Fsp3) is 0.909. The normalized spacial score (nSPS) is 31.4. The largest absolute Gasteiger partial charge is 0.368 e.